The number of H-pyrrole nitrogens is 1. The zero-order chi connectivity index (χ0) is 29.8. The largest absolute Gasteiger partial charge is 0.395 e. The van der Waals surface area contributed by atoms with Crippen molar-refractivity contribution in [2.45, 2.75) is 114 Å². The van der Waals surface area contributed by atoms with Gasteiger partial charge >= 0.3 is 0 Å². The Bertz CT molecular complexity index is 719. The number of aliphatic hydroxyl groups excluding tert-OH is 1. The standard InChI is InChI=1S/C9H11N.C6H10.C5H8.C4H5N.C4H6O.3C2H6.3W/c1-2-3-4-7-10-8-5-6-9-10;1-3-5-6-4-2;1-3-5-4-2;1-2-4-5-3-1;1-2-3-4-5;3*1-2;;;/h5-6,8-9H,4,7H2,1H3;3,5H2,1-2H3;1H,4-5H2,2H3;1-5H;1,5H,3-4H2;3*1-2H3;;;. The molecule has 2 aromatic rings. The molecule has 2 aromatic heterocycles. The molecule has 0 aliphatic rings. The summed E-state index contributed by atoms with van der Waals surface area (Å²) < 4.78 is 2.13. The molecule has 0 bridgehead atoms. The van der Waals surface area contributed by atoms with Crippen molar-refractivity contribution in [2.75, 3.05) is 6.61 Å². The van der Waals surface area contributed by atoms with Crippen LogP contribution in [-0.4, -0.2) is 21.3 Å². The van der Waals surface area contributed by atoms with Crippen LogP contribution in [0.3, 0.4) is 0 Å². The molecule has 0 radical (unpaired) electrons. The van der Waals surface area contributed by atoms with Crippen molar-refractivity contribution in [2.24, 2.45) is 0 Å². The van der Waals surface area contributed by atoms with Crippen LogP contribution in [0.4, 0.5) is 0 Å². The second-order valence-corrected chi connectivity index (χ2v) is 5.79. The van der Waals surface area contributed by atoms with E-state index in [9.17, 15) is 0 Å². The van der Waals surface area contributed by atoms with Gasteiger partial charge in [0, 0.05) is 120 Å². The van der Waals surface area contributed by atoms with Crippen molar-refractivity contribution in [3.63, 3.8) is 0 Å². The molecule has 0 fully saturated rings. The maximum Gasteiger partial charge on any atom is 0.0540 e. The Morgan fingerprint density at radius 1 is 0.650 bits per heavy atom. The molecule has 6 heteroatoms. The fraction of sp³-hybridized carbons (Fsp3) is 0.529. The van der Waals surface area contributed by atoms with Gasteiger partial charge in [0.05, 0.1) is 6.61 Å². The Hall–Kier alpha value is -1.18. The third kappa shape index (κ3) is 90.7. The molecule has 40 heavy (non-hydrogen) atoms. The number of rotatable bonds is 5. The zero-order valence-electron chi connectivity index (χ0n) is 27.0. The van der Waals surface area contributed by atoms with Crippen molar-refractivity contribution in [3.8, 4) is 48.4 Å². The van der Waals surface area contributed by atoms with Crippen LogP contribution in [0.1, 0.15) is 108 Å². The van der Waals surface area contributed by atoms with Crippen molar-refractivity contribution in [3.05, 3.63) is 49.1 Å². The van der Waals surface area contributed by atoms with Crippen LogP contribution in [0.2, 0.25) is 0 Å². The molecule has 2 rings (SSSR count). The van der Waals surface area contributed by atoms with Crippen LogP contribution >= 0.6 is 0 Å². The first-order chi connectivity index (χ1) is 18.2. The van der Waals surface area contributed by atoms with E-state index < -0.39 is 0 Å². The van der Waals surface area contributed by atoms with Crippen LogP contribution in [0.5, 0.6) is 0 Å². The predicted octanol–water partition coefficient (Wildman–Crippen LogP) is 9.22. The minimum absolute atomic E-state index is 0. The number of unbranched alkanes of at least 4 members (excludes halogenated alkanes) is 2. The summed E-state index contributed by atoms with van der Waals surface area (Å²) >= 11 is 0. The summed E-state index contributed by atoms with van der Waals surface area (Å²) in [7, 11) is 0. The molecule has 0 aliphatic heterocycles. The topological polar surface area (TPSA) is 41.0 Å². The Balaban J connectivity index is -0.0000000412. The molecule has 228 valence electrons. The molecule has 3 nitrogen and oxygen atoms in total. The van der Waals surface area contributed by atoms with Gasteiger partial charge in [0.25, 0.3) is 0 Å². The Labute approximate surface area is 294 Å². The van der Waals surface area contributed by atoms with Gasteiger partial charge in [0.1, 0.15) is 0 Å². The van der Waals surface area contributed by atoms with Crippen LogP contribution in [0, 0.1) is 48.4 Å². The number of aryl methyl sites for hydroxylation is 1. The average molecular weight is 1060 g/mol. The van der Waals surface area contributed by atoms with Gasteiger partial charge in [-0.15, -0.1) is 48.4 Å². The van der Waals surface area contributed by atoms with Gasteiger partial charge in [-0.1, -0.05) is 55.4 Å². The summed E-state index contributed by atoms with van der Waals surface area (Å²) in [5, 5.41) is 7.92. The smallest absolute Gasteiger partial charge is 0.0540 e. The molecule has 2 N–H and O–H groups in total. The summed E-state index contributed by atoms with van der Waals surface area (Å²) in [5.74, 6) is 16.4. The van der Waals surface area contributed by atoms with Crippen molar-refractivity contribution in [1.29, 1.82) is 0 Å². The fourth-order valence-electron chi connectivity index (χ4n) is 1.57. The minimum atomic E-state index is 0. The fourth-order valence-corrected chi connectivity index (χ4v) is 1.57. The molecule has 0 unspecified atom stereocenters. The summed E-state index contributed by atoms with van der Waals surface area (Å²) in [6.07, 6.45) is 23.2. The minimum Gasteiger partial charge on any atom is -0.395 e. The maximum atomic E-state index is 7.92. The molecule has 2 heterocycles. The SMILES string of the molecule is C#CCCC.C#CCCO.CC.CC.CC.CC#CCCC.CC#CCCn1cccc1.[W].[W].[W].c1cc[nH]c1. The van der Waals surface area contributed by atoms with Gasteiger partial charge in [-0.25, -0.2) is 0 Å². The molecule has 0 aliphatic carbocycles. The molecular weight excluding hydrogens is 1000 g/mol. The van der Waals surface area contributed by atoms with E-state index >= 15 is 0 Å². The number of aliphatic hydroxyl groups is 1. The van der Waals surface area contributed by atoms with E-state index in [1.807, 2.05) is 92.0 Å². The van der Waals surface area contributed by atoms with Crippen molar-refractivity contribution < 1.29 is 68.3 Å². The van der Waals surface area contributed by atoms with Crippen molar-refractivity contribution >= 4 is 0 Å². The molecule has 0 spiro atoms. The summed E-state index contributed by atoms with van der Waals surface area (Å²) in [5.41, 5.74) is 0. The quantitative estimate of drug-likeness (QED) is 0.289. The van der Waals surface area contributed by atoms with E-state index in [-0.39, 0.29) is 69.8 Å². The van der Waals surface area contributed by atoms with Gasteiger partial charge in [-0.3, -0.25) is 0 Å². The Kier molecular flexibility index (Phi) is 130. The first-order valence-electron chi connectivity index (χ1n) is 13.6. The second kappa shape index (κ2) is 83.2. The first kappa shape index (κ1) is 62.4. The van der Waals surface area contributed by atoms with Crippen LogP contribution in [0.25, 0.3) is 0 Å². The van der Waals surface area contributed by atoms with E-state index in [0.717, 1.165) is 32.2 Å². The number of terminal acetylenes is 2. The molecular formula is C34H58N2OW3. The Morgan fingerprint density at radius 2 is 1.05 bits per heavy atom. The van der Waals surface area contributed by atoms with Crippen LogP contribution in [-0.2, 0) is 69.7 Å². The number of nitrogens with one attached hydrogen (secondary N) is 1. The van der Waals surface area contributed by atoms with Gasteiger partial charge in [-0.2, -0.15) is 0 Å². The number of hydrogen-bond donors (Lipinski definition) is 2. The van der Waals surface area contributed by atoms with Crippen LogP contribution < -0.4 is 0 Å². The van der Waals surface area contributed by atoms with Gasteiger partial charge < -0.3 is 14.7 Å². The van der Waals surface area contributed by atoms with Gasteiger partial charge in [-0.05, 0) is 51.0 Å². The van der Waals surface area contributed by atoms with Gasteiger partial charge in [0.15, 0.2) is 0 Å². The van der Waals surface area contributed by atoms with E-state index in [0.29, 0.717) is 6.42 Å². The normalized spacial score (nSPS) is 6.12. The maximum absolute atomic E-state index is 7.92. The number of aromatic amines is 1. The summed E-state index contributed by atoms with van der Waals surface area (Å²) in [4.78, 5) is 2.86. The number of hydrogen-bond acceptors (Lipinski definition) is 1. The second-order valence-electron chi connectivity index (χ2n) is 5.79. The number of nitrogens with zero attached hydrogens (tertiary/aromatic N) is 1. The third-order valence-corrected chi connectivity index (χ3v) is 3.04. The Morgan fingerprint density at radius 3 is 1.25 bits per heavy atom. The molecule has 0 aromatic carbocycles. The molecule has 0 amide bonds. The molecule has 0 saturated carbocycles. The monoisotopic (exact) mass is 1060 g/mol. The molecule has 0 atom stereocenters. The van der Waals surface area contributed by atoms with E-state index in [1.54, 1.807) is 0 Å². The van der Waals surface area contributed by atoms with Crippen molar-refractivity contribution in [1.82, 2.24) is 9.55 Å². The first-order valence-corrected chi connectivity index (χ1v) is 13.6. The predicted molar refractivity (Wildman–Crippen MR) is 170 cm³/mol. The molecule has 0 saturated heterocycles. The number of aromatic nitrogens is 2. The van der Waals surface area contributed by atoms with E-state index in [1.165, 1.54) is 6.42 Å². The zero-order valence-corrected chi connectivity index (χ0v) is 35.8. The summed E-state index contributed by atoms with van der Waals surface area (Å²) in [6, 6.07) is 7.94. The van der Waals surface area contributed by atoms with Gasteiger partial charge in [0.2, 0.25) is 0 Å². The summed E-state index contributed by atoms with van der Waals surface area (Å²) in [6.45, 7) is 21.1. The van der Waals surface area contributed by atoms with E-state index in [4.69, 9.17) is 18.0 Å². The van der Waals surface area contributed by atoms with E-state index in [2.05, 4.69) is 71.3 Å². The third-order valence-electron chi connectivity index (χ3n) is 3.04. The average Bonchev–Trinajstić information content (AvgIpc) is 3.71. The van der Waals surface area contributed by atoms with Crippen LogP contribution in [0.15, 0.2) is 49.1 Å².